The smallest absolute Gasteiger partial charge is 0.103 e. The van der Waals surface area contributed by atoms with Gasteiger partial charge in [-0.1, -0.05) is 35.3 Å². The molecule has 0 saturated carbocycles. The highest BCUT2D eigenvalue weighted by Crippen LogP contribution is 2.38. The number of hydrogen-bond acceptors (Lipinski definition) is 9. The van der Waals surface area contributed by atoms with Gasteiger partial charge in [-0.05, 0) is 68.3 Å². The quantitative estimate of drug-likeness (QED) is 0.150. The van der Waals surface area contributed by atoms with Crippen LogP contribution in [0.2, 0.25) is 10.0 Å². The number of halogens is 2. The maximum Gasteiger partial charge on any atom is 0.103 e. The Morgan fingerprint density at radius 2 is 1.85 bits per heavy atom. The fourth-order valence-electron chi connectivity index (χ4n) is 4.70. The van der Waals surface area contributed by atoms with E-state index in [1.54, 1.807) is 11.3 Å². The molecule has 5 aromatic rings. The summed E-state index contributed by atoms with van der Waals surface area (Å²) in [5, 5.41) is 20.8. The molecule has 206 valence electrons. The molecule has 41 heavy (non-hydrogen) atoms. The van der Waals surface area contributed by atoms with E-state index < -0.39 is 0 Å². The normalized spacial score (nSPS) is 13.8. The van der Waals surface area contributed by atoms with Gasteiger partial charge >= 0.3 is 0 Å². The van der Waals surface area contributed by atoms with E-state index in [9.17, 15) is 5.26 Å². The van der Waals surface area contributed by atoms with Gasteiger partial charge in [0, 0.05) is 40.2 Å². The molecular weight excluding hydrogens is 575 g/mol. The summed E-state index contributed by atoms with van der Waals surface area (Å²) >= 11 is 14.8. The predicted molar refractivity (Wildman–Crippen MR) is 168 cm³/mol. The molecule has 3 heterocycles. The number of rotatable bonds is 7. The van der Waals surface area contributed by atoms with Crippen LogP contribution in [0.4, 0.5) is 17.1 Å². The van der Waals surface area contributed by atoms with Crippen molar-refractivity contribution >= 4 is 72.7 Å². The van der Waals surface area contributed by atoms with Crippen LogP contribution in [-0.4, -0.2) is 21.0 Å². The lowest BCUT2D eigenvalue weighted by molar-refractivity contribution is 0.221. The zero-order chi connectivity index (χ0) is 28.7. The third kappa shape index (κ3) is 5.35. The highest BCUT2D eigenvalue weighted by atomic mass is 35.5. The number of pyridine rings is 1. The molecule has 0 saturated heterocycles. The lowest BCUT2D eigenvalue weighted by atomic mass is 10.0. The van der Waals surface area contributed by atoms with E-state index in [0.717, 1.165) is 38.4 Å². The second kappa shape index (κ2) is 11.1. The first-order valence-electron chi connectivity index (χ1n) is 13.0. The molecule has 0 unspecified atom stereocenters. The first-order valence-corrected chi connectivity index (χ1v) is 14.6. The molecule has 0 radical (unpaired) electrons. The summed E-state index contributed by atoms with van der Waals surface area (Å²) in [5.74, 6) is 0. The second-order valence-corrected chi connectivity index (χ2v) is 11.8. The zero-order valence-corrected chi connectivity index (χ0v) is 24.8. The van der Waals surface area contributed by atoms with E-state index in [0.29, 0.717) is 32.2 Å². The topological polar surface area (TPSA) is 101 Å². The number of nitrogens with zero attached hydrogens (tertiary/aromatic N) is 4. The Kier molecular flexibility index (Phi) is 7.32. The molecule has 0 spiro atoms. The Morgan fingerprint density at radius 1 is 1.02 bits per heavy atom. The minimum Gasteiger partial charge on any atom is -0.373 e. The third-order valence-corrected chi connectivity index (χ3v) is 8.45. The van der Waals surface area contributed by atoms with Crippen molar-refractivity contribution in [3.05, 3.63) is 98.9 Å². The first-order chi connectivity index (χ1) is 19.8. The van der Waals surface area contributed by atoms with Crippen molar-refractivity contribution in [2.24, 2.45) is 0 Å². The molecule has 11 heteroatoms. The number of hydrazine groups is 2. The van der Waals surface area contributed by atoms with Crippen LogP contribution < -0.4 is 21.6 Å². The van der Waals surface area contributed by atoms with Gasteiger partial charge in [0.2, 0.25) is 0 Å². The molecule has 3 aromatic carbocycles. The maximum absolute atomic E-state index is 9.93. The molecular formula is C30H26Cl2N8S. The average molecular weight is 602 g/mol. The Hall–Kier alpha value is -4.07. The number of aromatic nitrogens is 2. The Labute approximate surface area is 251 Å². The Balaban J connectivity index is 1.45. The van der Waals surface area contributed by atoms with Crippen molar-refractivity contribution in [1.29, 1.82) is 5.26 Å². The fraction of sp³-hybridized carbons (Fsp3) is 0.167. The number of anilines is 3. The van der Waals surface area contributed by atoms with Crippen molar-refractivity contribution in [2.45, 2.75) is 32.9 Å². The number of thiazole rings is 1. The zero-order valence-electron chi connectivity index (χ0n) is 22.5. The van der Waals surface area contributed by atoms with Crippen LogP contribution in [0.1, 0.15) is 36.6 Å². The van der Waals surface area contributed by atoms with E-state index >= 15 is 0 Å². The van der Waals surface area contributed by atoms with Crippen molar-refractivity contribution in [2.75, 3.05) is 10.6 Å². The van der Waals surface area contributed by atoms with Crippen molar-refractivity contribution < 1.29 is 0 Å². The number of nitriles is 1. The van der Waals surface area contributed by atoms with E-state index in [-0.39, 0.29) is 12.1 Å². The summed E-state index contributed by atoms with van der Waals surface area (Å²) in [5.41, 5.74) is 15.4. The SMILES string of the molecule is Cc1ccc(Nc2c(C#N)cnc3c(Cl)cc(N[C@H](C4=CN(C(C)C)NN4)c4ccc5ncsc5c4)cc23)cc1Cl. The molecule has 1 atom stereocenters. The van der Waals surface area contributed by atoms with Crippen LogP contribution in [0.3, 0.4) is 0 Å². The molecule has 8 nitrogen and oxygen atoms in total. The summed E-state index contributed by atoms with van der Waals surface area (Å²) < 4.78 is 1.10. The summed E-state index contributed by atoms with van der Waals surface area (Å²) in [4.78, 5) is 8.94. The highest BCUT2D eigenvalue weighted by Gasteiger charge is 2.25. The van der Waals surface area contributed by atoms with Gasteiger partial charge in [0.05, 0.1) is 49.3 Å². The third-order valence-electron chi connectivity index (χ3n) is 6.96. The molecule has 0 aliphatic carbocycles. The predicted octanol–water partition coefficient (Wildman–Crippen LogP) is 7.80. The van der Waals surface area contributed by atoms with Gasteiger partial charge in [0.25, 0.3) is 0 Å². The summed E-state index contributed by atoms with van der Waals surface area (Å²) in [6.07, 6.45) is 3.59. The minimum atomic E-state index is -0.245. The Morgan fingerprint density at radius 3 is 2.61 bits per heavy atom. The number of fused-ring (bicyclic) bond motifs is 2. The molecule has 0 bridgehead atoms. The molecule has 0 amide bonds. The monoisotopic (exact) mass is 600 g/mol. The van der Waals surface area contributed by atoms with E-state index in [1.165, 1.54) is 6.20 Å². The second-order valence-electron chi connectivity index (χ2n) is 10.1. The van der Waals surface area contributed by atoms with Gasteiger partial charge in [-0.25, -0.2) is 4.98 Å². The Bertz CT molecular complexity index is 1860. The van der Waals surface area contributed by atoms with Crippen LogP contribution in [0, 0.1) is 18.3 Å². The average Bonchev–Trinajstić information content (AvgIpc) is 3.64. The molecule has 0 fully saturated rings. The van der Waals surface area contributed by atoms with Crippen LogP contribution in [0.5, 0.6) is 0 Å². The van der Waals surface area contributed by atoms with Crippen molar-refractivity contribution in [3.63, 3.8) is 0 Å². The summed E-state index contributed by atoms with van der Waals surface area (Å²) in [6, 6.07) is 18.0. The summed E-state index contributed by atoms with van der Waals surface area (Å²) in [6.45, 7) is 6.16. The van der Waals surface area contributed by atoms with Crippen LogP contribution >= 0.6 is 34.5 Å². The standard InChI is InChI=1S/C30H26Cl2N8S/c1-16(2)40-14-26(38-39-40)29(18-5-7-25-27(8-18)41-15-35-25)37-21-9-22-28(36-20-6-4-17(3)23(31)10-20)19(12-33)13-34-30(22)24(32)11-21/h4-11,13-16,29,37-39H,1-3H3,(H,34,36)/t29-/m0/s1. The lowest BCUT2D eigenvalue weighted by Crippen LogP contribution is -2.41. The van der Waals surface area contributed by atoms with Gasteiger partial charge in [-0.2, -0.15) is 5.26 Å². The van der Waals surface area contributed by atoms with E-state index in [2.05, 4.69) is 69.8 Å². The van der Waals surface area contributed by atoms with Crippen molar-refractivity contribution in [3.8, 4) is 6.07 Å². The minimum absolute atomic E-state index is 0.245. The summed E-state index contributed by atoms with van der Waals surface area (Å²) in [7, 11) is 0. The van der Waals surface area contributed by atoms with Gasteiger partial charge in [-0.3, -0.25) is 9.99 Å². The lowest BCUT2D eigenvalue weighted by Gasteiger charge is -2.22. The van der Waals surface area contributed by atoms with Gasteiger partial charge < -0.3 is 16.1 Å². The molecule has 1 aliphatic rings. The number of nitrogens with one attached hydrogen (secondary N) is 4. The van der Waals surface area contributed by atoms with E-state index in [4.69, 9.17) is 23.2 Å². The van der Waals surface area contributed by atoms with Crippen LogP contribution in [0.25, 0.3) is 21.1 Å². The fourth-order valence-corrected chi connectivity index (χ4v) is 5.88. The molecule has 2 aromatic heterocycles. The van der Waals surface area contributed by atoms with Gasteiger partial charge in [0.1, 0.15) is 6.07 Å². The molecule has 6 rings (SSSR count). The first kappa shape index (κ1) is 27.1. The van der Waals surface area contributed by atoms with Crippen LogP contribution in [-0.2, 0) is 0 Å². The molecule has 4 N–H and O–H groups in total. The van der Waals surface area contributed by atoms with Gasteiger partial charge in [0.15, 0.2) is 0 Å². The number of hydrogen-bond donors (Lipinski definition) is 4. The van der Waals surface area contributed by atoms with E-state index in [1.807, 2.05) is 53.8 Å². The van der Waals surface area contributed by atoms with Crippen LogP contribution in [0.15, 0.2) is 72.1 Å². The highest BCUT2D eigenvalue weighted by molar-refractivity contribution is 7.16. The van der Waals surface area contributed by atoms with Gasteiger partial charge in [-0.15, -0.1) is 16.9 Å². The maximum atomic E-state index is 9.93. The molecule has 1 aliphatic heterocycles. The number of aryl methyl sites for hydroxylation is 1. The largest absolute Gasteiger partial charge is 0.373 e. The van der Waals surface area contributed by atoms with Crippen molar-refractivity contribution in [1.82, 2.24) is 25.9 Å². The number of benzene rings is 3.